The van der Waals surface area contributed by atoms with Gasteiger partial charge in [0, 0.05) is 46.5 Å². The molecule has 0 aliphatic rings. The van der Waals surface area contributed by atoms with Crippen molar-refractivity contribution in [3.63, 3.8) is 0 Å². The van der Waals surface area contributed by atoms with Gasteiger partial charge in [-0.15, -0.1) is 24.0 Å². The number of guanidine groups is 1. The third kappa shape index (κ3) is 10.1. The molecule has 0 atom stereocenters. The second kappa shape index (κ2) is 13.1. The molecule has 1 rings (SSSR count). The molecule has 130 valence electrons. The van der Waals surface area contributed by atoms with Crippen LogP contribution in [0.1, 0.15) is 18.9 Å². The highest BCUT2D eigenvalue weighted by Gasteiger charge is 1.99. The SMILES string of the molecule is CN=C(NCCCOC)NCCc1ccc(NC(C)=O)cc1.I. The zero-order chi connectivity index (χ0) is 16.2. The molecule has 0 radical (unpaired) electrons. The Morgan fingerprint density at radius 1 is 1.17 bits per heavy atom. The zero-order valence-corrected chi connectivity index (χ0v) is 16.3. The summed E-state index contributed by atoms with van der Waals surface area (Å²) in [6, 6.07) is 7.85. The summed E-state index contributed by atoms with van der Waals surface area (Å²) in [6.45, 7) is 3.87. The predicted molar refractivity (Wildman–Crippen MR) is 106 cm³/mol. The molecule has 0 spiro atoms. The van der Waals surface area contributed by atoms with Gasteiger partial charge in [0.05, 0.1) is 0 Å². The van der Waals surface area contributed by atoms with Crippen molar-refractivity contribution in [3.8, 4) is 0 Å². The Balaban J connectivity index is 0.00000484. The summed E-state index contributed by atoms with van der Waals surface area (Å²) >= 11 is 0. The Morgan fingerprint density at radius 2 is 1.83 bits per heavy atom. The van der Waals surface area contributed by atoms with Crippen molar-refractivity contribution in [1.82, 2.24) is 10.6 Å². The highest BCUT2D eigenvalue weighted by molar-refractivity contribution is 14.0. The number of methoxy groups -OCH3 is 1. The third-order valence-electron chi connectivity index (χ3n) is 3.02. The number of carbonyl (C=O) groups excluding carboxylic acids is 1. The van der Waals surface area contributed by atoms with Crippen molar-refractivity contribution in [2.24, 2.45) is 4.99 Å². The van der Waals surface area contributed by atoms with E-state index in [0.717, 1.165) is 44.2 Å². The molecule has 0 bridgehead atoms. The van der Waals surface area contributed by atoms with Gasteiger partial charge in [0.15, 0.2) is 5.96 Å². The first-order valence-electron chi connectivity index (χ1n) is 7.45. The van der Waals surface area contributed by atoms with E-state index in [4.69, 9.17) is 4.74 Å². The van der Waals surface area contributed by atoms with Crippen LogP contribution in [0.5, 0.6) is 0 Å². The molecule has 0 aromatic heterocycles. The van der Waals surface area contributed by atoms with Crippen molar-refractivity contribution in [3.05, 3.63) is 29.8 Å². The molecule has 7 heteroatoms. The van der Waals surface area contributed by atoms with E-state index in [9.17, 15) is 4.79 Å². The van der Waals surface area contributed by atoms with Gasteiger partial charge in [-0.3, -0.25) is 9.79 Å². The third-order valence-corrected chi connectivity index (χ3v) is 3.02. The van der Waals surface area contributed by atoms with Crippen LogP contribution >= 0.6 is 24.0 Å². The van der Waals surface area contributed by atoms with E-state index in [-0.39, 0.29) is 29.9 Å². The number of ether oxygens (including phenoxy) is 1. The van der Waals surface area contributed by atoms with Gasteiger partial charge in [-0.25, -0.2) is 0 Å². The Hall–Kier alpha value is -1.35. The van der Waals surface area contributed by atoms with Gasteiger partial charge in [-0.2, -0.15) is 0 Å². The maximum Gasteiger partial charge on any atom is 0.221 e. The van der Waals surface area contributed by atoms with Crippen molar-refractivity contribution < 1.29 is 9.53 Å². The Bertz CT molecular complexity index is 477. The minimum atomic E-state index is -0.0576. The number of amides is 1. The fourth-order valence-electron chi connectivity index (χ4n) is 1.93. The number of hydrogen-bond donors (Lipinski definition) is 3. The van der Waals surface area contributed by atoms with Crippen molar-refractivity contribution in [2.75, 3.05) is 39.2 Å². The summed E-state index contributed by atoms with van der Waals surface area (Å²) in [5, 5.41) is 9.26. The summed E-state index contributed by atoms with van der Waals surface area (Å²) in [5.41, 5.74) is 2.02. The Labute approximate surface area is 155 Å². The number of hydrogen-bond acceptors (Lipinski definition) is 3. The first kappa shape index (κ1) is 21.6. The number of benzene rings is 1. The van der Waals surface area contributed by atoms with Gasteiger partial charge in [0.1, 0.15) is 0 Å². The average molecular weight is 434 g/mol. The first-order valence-corrected chi connectivity index (χ1v) is 7.45. The molecule has 0 fully saturated rings. The van der Waals surface area contributed by atoms with Crippen LogP contribution in [0, 0.1) is 0 Å². The van der Waals surface area contributed by atoms with Crippen molar-refractivity contribution >= 4 is 41.5 Å². The lowest BCUT2D eigenvalue weighted by Crippen LogP contribution is -2.39. The van der Waals surface area contributed by atoms with Crippen LogP contribution in [0.3, 0.4) is 0 Å². The molecule has 0 saturated heterocycles. The number of nitrogens with zero attached hydrogens (tertiary/aromatic N) is 1. The van der Waals surface area contributed by atoms with Crippen molar-refractivity contribution in [2.45, 2.75) is 19.8 Å². The Kier molecular flexibility index (Phi) is 12.4. The number of nitrogens with one attached hydrogen (secondary N) is 3. The summed E-state index contributed by atoms with van der Waals surface area (Å²) in [5.74, 6) is 0.740. The zero-order valence-electron chi connectivity index (χ0n) is 14.0. The fraction of sp³-hybridized carbons (Fsp3) is 0.500. The quantitative estimate of drug-likeness (QED) is 0.253. The molecule has 0 aliphatic carbocycles. The minimum absolute atomic E-state index is 0. The van der Waals surface area contributed by atoms with Crippen LogP contribution in [0.25, 0.3) is 0 Å². The Morgan fingerprint density at radius 3 is 2.39 bits per heavy atom. The van der Waals surface area contributed by atoms with Crippen LogP contribution in [-0.2, 0) is 16.0 Å². The second-order valence-electron chi connectivity index (χ2n) is 4.90. The summed E-state index contributed by atoms with van der Waals surface area (Å²) in [7, 11) is 3.46. The lowest BCUT2D eigenvalue weighted by molar-refractivity contribution is -0.114. The number of aliphatic imine (C=N–C) groups is 1. The maximum atomic E-state index is 11.0. The van der Waals surface area contributed by atoms with Gasteiger partial charge >= 0.3 is 0 Å². The predicted octanol–water partition coefficient (Wildman–Crippen LogP) is 2.01. The standard InChI is InChI=1S/C16H26N4O2.HI/c1-13(21)20-15-7-5-14(6-8-15)9-11-19-16(17-2)18-10-4-12-22-3;/h5-8H,4,9-12H2,1-3H3,(H,20,21)(H2,17,18,19);1H. The molecule has 23 heavy (non-hydrogen) atoms. The fourth-order valence-corrected chi connectivity index (χ4v) is 1.93. The molecule has 0 heterocycles. The highest BCUT2D eigenvalue weighted by atomic mass is 127. The van der Waals surface area contributed by atoms with Gasteiger partial charge < -0.3 is 20.7 Å². The van der Waals surface area contributed by atoms with Crippen LogP contribution in [0.15, 0.2) is 29.3 Å². The minimum Gasteiger partial charge on any atom is -0.385 e. The first-order chi connectivity index (χ1) is 10.7. The van der Waals surface area contributed by atoms with E-state index in [1.807, 2.05) is 24.3 Å². The lowest BCUT2D eigenvalue weighted by atomic mass is 10.1. The molecule has 3 N–H and O–H groups in total. The normalized spacial score (nSPS) is 10.7. The van der Waals surface area contributed by atoms with Crippen LogP contribution in [0.2, 0.25) is 0 Å². The van der Waals surface area contributed by atoms with Crippen molar-refractivity contribution in [1.29, 1.82) is 0 Å². The van der Waals surface area contributed by atoms with E-state index in [1.165, 1.54) is 12.5 Å². The van der Waals surface area contributed by atoms with E-state index in [1.54, 1.807) is 14.2 Å². The largest absolute Gasteiger partial charge is 0.385 e. The van der Waals surface area contributed by atoms with Gasteiger partial charge in [0.25, 0.3) is 0 Å². The maximum absolute atomic E-state index is 11.0. The summed E-state index contributed by atoms with van der Waals surface area (Å²) in [6.07, 6.45) is 1.83. The van der Waals surface area contributed by atoms with Crippen LogP contribution in [0.4, 0.5) is 5.69 Å². The molecule has 1 aromatic carbocycles. The number of halogens is 1. The van der Waals surface area contributed by atoms with E-state index < -0.39 is 0 Å². The topological polar surface area (TPSA) is 74.8 Å². The molecule has 0 aliphatic heterocycles. The summed E-state index contributed by atoms with van der Waals surface area (Å²) in [4.78, 5) is 15.1. The van der Waals surface area contributed by atoms with Crippen LogP contribution in [-0.4, -0.2) is 45.7 Å². The van der Waals surface area contributed by atoms with E-state index in [0.29, 0.717) is 0 Å². The number of rotatable bonds is 8. The molecular weight excluding hydrogens is 407 g/mol. The highest BCUT2D eigenvalue weighted by Crippen LogP contribution is 2.09. The van der Waals surface area contributed by atoms with Gasteiger partial charge in [-0.1, -0.05) is 12.1 Å². The molecular formula is C16H27IN4O2. The lowest BCUT2D eigenvalue weighted by Gasteiger charge is -2.12. The second-order valence-corrected chi connectivity index (χ2v) is 4.90. The van der Waals surface area contributed by atoms with Gasteiger partial charge in [-0.05, 0) is 30.5 Å². The van der Waals surface area contributed by atoms with E-state index >= 15 is 0 Å². The molecule has 1 amide bonds. The summed E-state index contributed by atoms with van der Waals surface area (Å²) < 4.78 is 5.00. The van der Waals surface area contributed by atoms with Crippen LogP contribution < -0.4 is 16.0 Å². The monoisotopic (exact) mass is 434 g/mol. The molecule has 6 nitrogen and oxygen atoms in total. The molecule has 1 aromatic rings. The smallest absolute Gasteiger partial charge is 0.221 e. The molecule has 0 saturated carbocycles. The average Bonchev–Trinajstić information content (AvgIpc) is 2.51. The van der Waals surface area contributed by atoms with E-state index in [2.05, 4.69) is 20.9 Å². The number of anilines is 1. The molecule has 0 unspecified atom stereocenters. The number of carbonyl (C=O) groups is 1. The van der Waals surface area contributed by atoms with Gasteiger partial charge in [0.2, 0.25) is 5.91 Å².